The summed E-state index contributed by atoms with van der Waals surface area (Å²) in [5.41, 5.74) is 5.18. The molecule has 0 saturated heterocycles. The van der Waals surface area contributed by atoms with Gasteiger partial charge in [0.05, 0.1) is 0 Å². The van der Waals surface area contributed by atoms with Crippen LogP contribution in [0.3, 0.4) is 0 Å². The predicted molar refractivity (Wildman–Crippen MR) is 99.0 cm³/mol. The van der Waals surface area contributed by atoms with Crippen molar-refractivity contribution >= 4 is 23.3 Å². The Bertz CT molecular complexity index is 636. The van der Waals surface area contributed by atoms with Crippen molar-refractivity contribution in [1.82, 2.24) is 10.4 Å². The third-order valence-corrected chi connectivity index (χ3v) is 4.49. The average molecular weight is 344 g/mol. The highest BCUT2D eigenvalue weighted by atomic mass is 32.1. The fraction of sp³-hybridized carbons (Fsp3) is 0.316. The second kappa shape index (κ2) is 10.0. The van der Waals surface area contributed by atoms with E-state index in [-0.39, 0.29) is 0 Å². The van der Waals surface area contributed by atoms with Gasteiger partial charge < -0.3 is 0 Å². The highest BCUT2D eigenvalue weighted by molar-refractivity contribution is 7.07. The van der Waals surface area contributed by atoms with Crippen LogP contribution in [-0.4, -0.2) is 29.1 Å². The monoisotopic (exact) mass is 344 g/mol. The molecule has 128 valence electrons. The lowest BCUT2D eigenvalue weighted by molar-refractivity contribution is -0.124. The van der Waals surface area contributed by atoms with Gasteiger partial charge in [-0.3, -0.25) is 14.9 Å². The van der Waals surface area contributed by atoms with Gasteiger partial charge in [0.15, 0.2) is 0 Å². The number of carbonyl (C=O) groups is 1. The predicted octanol–water partition coefficient (Wildman–Crippen LogP) is 3.72. The van der Waals surface area contributed by atoms with Crippen LogP contribution in [0.2, 0.25) is 0 Å². The van der Waals surface area contributed by atoms with Crippen molar-refractivity contribution in [2.24, 2.45) is 0 Å². The molecule has 0 radical (unpaired) electrons. The van der Waals surface area contributed by atoms with Crippen LogP contribution in [0.25, 0.3) is 6.08 Å². The standard InChI is InChI=1S/C19H24N2O2S/c1-2-11-21(12-9-18-10-13-24-15-18)14-17-5-3-16(4-6-17)7-8-19(22)20-23/h3-8,10,13,15,23H,2,9,11-12,14H2,1H3,(H,20,22)/b8-7+. The van der Waals surface area contributed by atoms with E-state index >= 15 is 0 Å². The second-order valence-electron chi connectivity index (χ2n) is 5.71. The fourth-order valence-electron chi connectivity index (χ4n) is 2.51. The molecule has 2 N–H and O–H groups in total. The van der Waals surface area contributed by atoms with E-state index in [9.17, 15) is 4.79 Å². The van der Waals surface area contributed by atoms with E-state index in [0.29, 0.717) is 0 Å². The molecular formula is C19H24N2O2S. The van der Waals surface area contributed by atoms with Crippen molar-refractivity contribution in [3.63, 3.8) is 0 Å². The van der Waals surface area contributed by atoms with Crippen LogP contribution in [0.5, 0.6) is 0 Å². The molecule has 0 unspecified atom stereocenters. The summed E-state index contributed by atoms with van der Waals surface area (Å²) in [6.07, 6.45) is 5.20. The van der Waals surface area contributed by atoms with E-state index in [0.717, 1.165) is 38.0 Å². The number of hydroxylamine groups is 1. The summed E-state index contributed by atoms with van der Waals surface area (Å²) in [5, 5.41) is 12.8. The summed E-state index contributed by atoms with van der Waals surface area (Å²) in [6.45, 7) is 5.28. The largest absolute Gasteiger partial charge is 0.299 e. The quantitative estimate of drug-likeness (QED) is 0.414. The Balaban J connectivity index is 1.91. The molecule has 0 saturated carbocycles. The molecule has 1 amide bonds. The van der Waals surface area contributed by atoms with Crippen LogP contribution >= 0.6 is 11.3 Å². The van der Waals surface area contributed by atoms with Crippen molar-refractivity contribution in [3.8, 4) is 0 Å². The molecule has 4 nitrogen and oxygen atoms in total. The molecule has 0 aliphatic heterocycles. The number of hydrogen-bond donors (Lipinski definition) is 2. The topological polar surface area (TPSA) is 52.6 Å². The first-order valence-electron chi connectivity index (χ1n) is 8.15. The molecule has 0 spiro atoms. The summed E-state index contributed by atoms with van der Waals surface area (Å²) in [4.78, 5) is 13.5. The summed E-state index contributed by atoms with van der Waals surface area (Å²) < 4.78 is 0. The third kappa shape index (κ3) is 6.28. The van der Waals surface area contributed by atoms with Crippen molar-refractivity contribution < 1.29 is 10.0 Å². The van der Waals surface area contributed by atoms with Gasteiger partial charge in [0.2, 0.25) is 0 Å². The molecule has 0 aliphatic carbocycles. The molecule has 2 aromatic rings. The van der Waals surface area contributed by atoms with Crippen LogP contribution < -0.4 is 5.48 Å². The van der Waals surface area contributed by atoms with Crippen molar-refractivity contribution in [3.05, 3.63) is 63.9 Å². The Morgan fingerprint density at radius 2 is 2.00 bits per heavy atom. The molecule has 1 aromatic carbocycles. The van der Waals surface area contributed by atoms with Gasteiger partial charge in [0.25, 0.3) is 5.91 Å². The Labute approximate surface area is 147 Å². The number of rotatable bonds is 9. The van der Waals surface area contributed by atoms with Crippen LogP contribution in [0, 0.1) is 0 Å². The molecule has 24 heavy (non-hydrogen) atoms. The number of nitrogens with zero attached hydrogens (tertiary/aromatic N) is 1. The SMILES string of the molecule is CCCN(CCc1ccsc1)Cc1ccc(/C=C/C(=O)NO)cc1. The number of hydrogen-bond acceptors (Lipinski definition) is 4. The van der Waals surface area contributed by atoms with Crippen LogP contribution in [0.4, 0.5) is 0 Å². The first-order valence-corrected chi connectivity index (χ1v) is 9.10. The third-order valence-electron chi connectivity index (χ3n) is 3.76. The number of carbonyl (C=O) groups excluding carboxylic acids is 1. The van der Waals surface area contributed by atoms with Gasteiger partial charge in [0.1, 0.15) is 0 Å². The second-order valence-corrected chi connectivity index (χ2v) is 6.49. The van der Waals surface area contributed by atoms with E-state index in [2.05, 4.69) is 40.8 Å². The van der Waals surface area contributed by atoms with E-state index < -0.39 is 5.91 Å². The van der Waals surface area contributed by atoms with Gasteiger partial charge in [0, 0.05) is 19.2 Å². The van der Waals surface area contributed by atoms with Crippen molar-refractivity contribution in [2.75, 3.05) is 13.1 Å². The molecular weight excluding hydrogens is 320 g/mol. The summed E-state index contributed by atoms with van der Waals surface area (Å²) in [5.74, 6) is -0.526. The molecule has 0 bridgehead atoms. The van der Waals surface area contributed by atoms with Gasteiger partial charge in [-0.15, -0.1) is 0 Å². The lowest BCUT2D eigenvalue weighted by Crippen LogP contribution is -2.26. The minimum Gasteiger partial charge on any atom is -0.299 e. The highest BCUT2D eigenvalue weighted by Crippen LogP contribution is 2.12. The van der Waals surface area contributed by atoms with E-state index in [1.165, 1.54) is 17.2 Å². The Hall–Kier alpha value is -1.95. The lowest BCUT2D eigenvalue weighted by atomic mass is 10.1. The minimum absolute atomic E-state index is 0.526. The Morgan fingerprint density at radius 3 is 2.62 bits per heavy atom. The first-order chi connectivity index (χ1) is 11.7. The zero-order valence-corrected chi connectivity index (χ0v) is 14.8. The van der Waals surface area contributed by atoms with E-state index in [4.69, 9.17) is 5.21 Å². The Kier molecular flexibility index (Phi) is 7.68. The minimum atomic E-state index is -0.526. The molecule has 0 atom stereocenters. The molecule has 0 aliphatic rings. The average Bonchev–Trinajstić information content (AvgIpc) is 3.12. The summed E-state index contributed by atoms with van der Waals surface area (Å²) in [7, 11) is 0. The van der Waals surface area contributed by atoms with Crippen LogP contribution in [0.1, 0.15) is 30.0 Å². The van der Waals surface area contributed by atoms with Crippen LogP contribution in [-0.2, 0) is 17.8 Å². The molecule has 0 fully saturated rings. The zero-order valence-electron chi connectivity index (χ0n) is 13.9. The van der Waals surface area contributed by atoms with Gasteiger partial charge >= 0.3 is 0 Å². The number of thiophene rings is 1. The molecule has 1 heterocycles. The maximum atomic E-state index is 11.0. The summed E-state index contributed by atoms with van der Waals surface area (Å²) >= 11 is 1.75. The maximum Gasteiger partial charge on any atom is 0.267 e. The van der Waals surface area contributed by atoms with Gasteiger partial charge in [-0.2, -0.15) is 11.3 Å². The number of amides is 1. The van der Waals surface area contributed by atoms with E-state index in [1.54, 1.807) is 22.9 Å². The molecule has 5 heteroatoms. The smallest absolute Gasteiger partial charge is 0.267 e. The van der Waals surface area contributed by atoms with Crippen LogP contribution in [0.15, 0.2) is 47.2 Å². The van der Waals surface area contributed by atoms with Gasteiger partial charge in [-0.1, -0.05) is 31.2 Å². The molecule has 1 aromatic heterocycles. The highest BCUT2D eigenvalue weighted by Gasteiger charge is 2.06. The number of benzene rings is 1. The summed E-state index contributed by atoms with van der Waals surface area (Å²) in [6, 6.07) is 10.3. The van der Waals surface area contributed by atoms with Crippen molar-refractivity contribution in [2.45, 2.75) is 26.3 Å². The van der Waals surface area contributed by atoms with Gasteiger partial charge in [-0.25, -0.2) is 5.48 Å². The zero-order chi connectivity index (χ0) is 17.2. The van der Waals surface area contributed by atoms with E-state index in [1.807, 2.05) is 12.1 Å². The lowest BCUT2D eigenvalue weighted by Gasteiger charge is -2.21. The fourth-order valence-corrected chi connectivity index (χ4v) is 3.21. The number of nitrogens with one attached hydrogen (secondary N) is 1. The van der Waals surface area contributed by atoms with Gasteiger partial charge in [-0.05, 0) is 59.0 Å². The maximum absolute atomic E-state index is 11.0. The normalized spacial score (nSPS) is 11.3. The molecule has 2 rings (SSSR count). The van der Waals surface area contributed by atoms with Crippen molar-refractivity contribution in [1.29, 1.82) is 0 Å². The Morgan fingerprint density at radius 1 is 1.21 bits per heavy atom. The first kappa shape index (κ1) is 18.4.